The maximum Gasteiger partial charge on any atom is 0.193 e. The summed E-state index contributed by atoms with van der Waals surface area (Å²) in [6.07, 6.45) is 2.56. The Hall–Kier alpha value is -0.820. The highest BCUT2D eigenvalue weighted by Gasteiger charge is 2.24. The van der Waals surface area contributed by atoms with Crippen molar-refractivity contribution in [2.24, 2.45) is 4.99 Å². The minimum absolute atomic E-state index is 0. The lowest BCUT2D eigenvalue weighted by Crippen LogP contribution is -2.44. The van der Waals surface area contributed by atoms with Gasteiger partial charge in [-0.25, -0.2) is 0 Å². The molecule has 1 N–H and O–H groups in total. The molecule has 0 radical (unpaired) electrons. The molecule has 1 aromatic carbocycles. The maximum atomic E-state index is 4.27. The molecule has 5 heteroatoms. The van der Waals surface area contributed by atoms with Crippen LogP contribution in [-0.4, -0.2) is 56.0 Å². The van der Waals surface area contributed by atoms with Crippen LogP contribution in [-0.2, 0) is 6.54 Å². The number of nitrogens with zero attached hydrogens (tertiary/aromatic N) is 3. The number of aliphatic imine (C=N–C) groups is 1. The first-order valence-electron chi connectivity index (χ1n) is 7.36. The molecule has 1 fully saturated rings. The number of hydrogen-bond donors (Lipinski definition) is 1. The Bertz CT molecular complexity index is 433. The van der Waals surface area contributed by atoms with Crippen molar-refractivity contribution < 1.29 is 0 Å². The topological polar surface area (TPSA) is 30.9 Å². The van der Waals surface area contributed by atoms with Crippen LogP contribution in [0.4, 0.5) is 0 Å². The van der Waals surface area contributed by atoms with Crippen LogP contribution in [0.2, 0.25) is 0 Å². The summed E-state index contributed by atoms with van der Waals surface area (Å²) in [7, 11) is 5.87. The zero-order valence-corrected chi connectivity index (χ0v) is 15.6. The van der Waals surface area contributed by atoms with E-state index in [0.717, 1.165) is 19.0 Å². The lowest BCUT2D eigenvalue weighted by Gasteiger charge is -2.26. The number of rotatable bonds is 4. The summed E-state index contributed by atoms with van der Waals surface area (Å²) in [5.74, 6) is 0.955. The first kappa shape index (κ1) is 18.2. The van der Waals surface area contributed by atoms with Gasteiger partial charge in [-0.2, -0.15) is 0 Å². The van der Waals surface area contributed by atoms with E-state index >= 15 is 0 Å². The van der Waals surface area contributed by atoms with Crippen molar-refractivity contribution in [3.63, 3.8) is 0 Å². The van der Waals surface area contributed by atoms with Crippen molar-refractivity contribution in [3.8, 4) is 0 Å². The maximum absolute atomic E-state index is 4.27. The summed E-state index contributed by atoms with van der Waals surface area (Å²) < 4.78 is 0. The third-order valence-electron chi connectivity index (χ3n) is 3.86. The van der Waals surface area contributed by atoms with Crippen LogP contribution in [0.25, 0.3) is 0 Å². The lowest BCUT2D eigenvalue weighted by atomic mass is 10.2. The second-order valence-corrected chi connectivity index (χ2v) is 5.57. The van der Waals surface area contributed by atoms with Gasteiger partial charge in [0.25, 0.3) is 0 Å². The number of benzene rings is 1. The Morgan fingerprint density at radius 1 is 1.33 bits per heavy atom. The minimum Gasteiger partial charge on any atom is -0.355 e. The molecule has 1 unspecified atom stereocenters. The molecule has 0 aromatic heterocycles. The van der Waals surface area contributed by atoms with E-state index < -0.39 is 0 Å². The summed E-state index contributed by atoms with van der Waals surface area (Å²) in [6, 6.07) is 11.3. The molecule has 1 aliphatic rings. The van der Waals surface area contributed by atoms with E-state index in [0.29, 0.717) is 6.04 Å². The molecule has 4 nitrogen and oxygen atoms in total. The Morgan fingerprint density at radius 3 is 2.67 bits per heavy atom. The molecule has 1 saturated heterocycles. The molecular formula is C16H27IN4. The first-order valence-corrected chi connectivity index (χ1v) is 7.36. The van der Waals surface area contributed by atoms with Gasteiger partial charge in [0.2, 0.25) is 0 Å². The lowest BCUT2D eigenvalue weighted by molar-refractivity contribution is 0.244. The first-order chi connectivity index (χ1) is 9.70. The summed E-state index contributed by atoms with van der Waals surface area (Å²) in [6.45, 7) is 3.22. The van der Waals surface area contributed by atoms with E-state index in [1.807, 2.05) is 26.0 Å². The zero-order chi connectivity index (χ0) is 14.4. The van der Waals surface area contributed by atoms with E-state index in [4.69, 9.17) is 0 Å². The van der Waals surface area contributed by atoms with Crippen molar-refractivity contribution in [2.45, 2.75) is 25.4 Å². The van der Waals surface area contributed by atoms with Crippen LogP contribution in [0.3, 0.4) is 0 Å². The fourth-order valence-electron chi connectivity index (χ4n) is 2.80. The van der Waals surface area contributed by atoms with Gasteiger partial charge in [-0.1, -0.05) is 30.3 Å². The molecular weight excluding hydrogens is 375 g/mol. The normalized spacial score (nSPS) is 19.2. The second kappa shape index (κ2) is 9.25. The van der Waals surface area contributed by atoms with E-state index in [-0.39, 0.29) is 24.0 Å². The number of guanidine groups is 1. The number of hydrogen-bond acceptors (Lipinski definition) is 2. The van der Waals surface area contributed by atoms with E-state index in [9.17, 15) is 0 Å². The highest BCUT2D eigenvalue weighted by Crippen LogP contribution is 2.19. The van der Waals surface area contributed by atoms with Crippen molar-refractivity contribution in [1.82, 2.24) is 15.1 Å². The summed E-state index contributed by atoms with van der Waals surface area (Å²) in [5.41, 5.74) is 1.40. The van der Waals surface area contributed by atoms with Gasteiger partial charge >= 0.3 is 0 Å². The fraction of sp³-hybridized carbons (Fsp3) is 0.562. The quantitative estimate of drug-likeness (QED) is 0.477. The Kier molecular flexibility index (Phi) is 8.03. The molecule has 1 aromatic rings. The van der Waals surface area contributed by atoms with Crippen LogP contribution in [0.1, 0.15) is 18.4 Å². The standard InChI is InChI=1S/C16H26N4.HI/c1-17-16(19(2)3)18-12-15-10-7-11-20(15)13-14-8-5-4-6-9-14;/h4-6,8-9,15H,7,10-13H2,1-3H3,(H,17,18);1H. The smallest absolute Gasteiger partial charge is 0.193 e. The van der Waals surface area contributed by atoms with Gasteiger partial charge in [0.05, 0.1) is 0 Å². The predicted molar refractivity (Wildman–Crippen MR) is 100 cm³/mol. The summed E-state index contributed by atoms with van der Waals surface area (Å²) in [5, 5.41) is 3.46. The molecule has 0 saturated carbocycles. The van der Waals surface area contributed by atoms with Gasteiger partial charge in [-0.15, -0.1) is 24.0 Å². The van der Waals surface area contributed by atoms with Gasteiger partial charge in [0.1, 0.15) is 0 Å². The number of nitrogens with one attached hydrogen (secondary N) is 1. The monoisotopic (exact) mass is 402 g/mol. The second-order valence-electron chi connectivity index (χ2n) is 5.57. The average molecular weight is 402 g/mol. The zero-order valence-electron chi connectivity index (χ0n) is 13.2. The van der Waals surface area contributed by atoms with Crippen molar-refractivity contribution >= 4 is 29.9 Å². The molecule has 21 heavy (non-hydrogen) atoms. The molecule has 118 valence electrons. The molecule has 0 aliphatic carbocycles. The van der Waals surface area contributed by atoms with Crippen molar-refractivity contribution in [1.29, 1.82) is 0 Å². The van der Waals surface area contributed by atoms with Gasteiger partial charge < -0.3 is 10.2 Å². The molecule has 0 bridgehead atoms. The third kappa shape index (κ3) is 5.47. The number of halogens is 1. The van der Waals surface area contributed by atoms with Crippen LogP contribution in [0, 0.1) is 0 Å². The average Bonchev–Trinajstić information content (AvgIpc) is 2.88. The molecule has 2 rings (SSSR count). The Labute approximate surface area is 145 Å². The van der Waals surface area contributed by atoms with Crippen LogP contribution in [0.5, 0.6) is 0 Å². The summed E-state index contributed by atoms with van der Waals surface area (Å²) >= 11 is 0. The Balaban J connectivity index is 0.00000220. The van der Waals surface area contributed by atoms with Gasteiger partial charge in [-0.3, -0.25) is 9.89 Å². The summed E-state index contributed by atoms with van der Waals surface area (Å²) in [4.78, 5) is 8.87. The van der Waals surface area contributed by atoms with Crippen LogP contribution < -0.4 is 5.32 Å². The fourth-order valence-corrected chi connectivity index (χ4v) is 2.80. The van der Waals surface area contributed by atoms with E-state index in [2.05, 4.69) is 45.5 Å². The third-order valence-corrected chi connectivity index (χ3v) is 3.86. The molecule has 1 atom stereocenters. The highest BCUT2D eigenvalue weighted by molar-refractivity contribution is 14.0. The molecule has 0 spiro atoms. The molecule has 0 amide bonds. The molecule has 1 heterocycles. The molecule has 1 aliphatic heterocycles. The van der Waals surface area contributed by atoms with Crippen molar-refractivity contribution in [3.05, 3.63) is 35.9 Å². The van der Waals surface area contributed by atoms with Crippen LogP contribution >= 0.6 is 24.0 Å². The predicted octanol–water partition coefficient (Wildman–Crippen LogP) is 2.41. The SMILES string of the molecule is CN=C(NCC1CCCN1Cc1ccccc1)N(C)C.I. The van der Waals surface area contributed by atoms with Gasteiger partial charge in [-0.05, 0) is 24.9 Å². The van der Waals surface area contributed by atoms with Gasteiger partial charge in [0, 0.05) is 40.3 Å². The van der Waals surface area contributed by atoms with E-state index in [1.54, 1.807) is 0 Å². The van der Waals surface area contributed by atoms with Crippen molar-refractivity contribution in [2.75, 3.05) is 34.2 Å². The van der Waals surface area contributed by atoms with Gasteiger partial charge in [0.15, 0.2) is 5.96 Å². The van der Waals surface area contributed by atoms with Crippen LogP contribution in [0.15, 0.2) is 35.3 Å². The largest absolute Gasteiger partial charge is 0.355 e. The minimum atomic E-state index is 0. The number of likely N-dealkylation sites (tertiary alicyclic amines) is 1. The Morgan fingerprint density at radius 2 is 2.05 bits per heavy atom. The van der Waals surface area contributed by atoms with E-state index in [1.165, 1.54) is 24.9 Å². The highest BCUT2D eigenvalue weighted by atomic mass is 127.